The van der Waals surface area contributed by atoms with Gasteiger partial charge < -0.3 is 14.9 Å². The van der Waals surface area contributed by atoms with Crippen molar-refractivity contribution in [3.8, 4) is 17.1 Å². The van der Waals surface area contributed by atoms with Gasteiger partial charge in [0.15, 0.2) is 11.5 Å². The number of hydrogen-bond acceptors (Lipinski definition) is 5. The summed E-state index contributed by atoms with van der Waals surface area (Å²) in [6.45, 7) is 0. The van der Waals surface area contributed by atoms with Crippen molar-refractivity contribution in [3.05, 3.63) is 60.6 Å². The predicted molar refractivity (Wildman–Crippen MR) is 75.8 cm³/mol. The third-order valence-corrected chi connectivity index (χ3v) is 2.79. The second-order valence-corrected chi connectivity index (χ2v) is 4.32. The third kappa shape index (κ3) is 2.89. The number of hydrogen-bond donors (Lipinski definition) is 2. The van der Waals surface area contributed by atoms with Crippen molar-refractivity contribution in [2.24, 2.45) is 0 Å². The summed E-state index contributed by atoms with van der Waals surface area (Å²) in [6, 6.07) is 11.4. The van der Waals surface area contributed by atoms with Crippen LogP contribution in [-0.2, 0) is 0 Å². The number of carbonyl (C=O) groups excluding carboxylic acids is 1. The van der Waals surface area contributed by atoms with Crippen LogP contribution in [0.3, 0.4) is 0 Å². The molecule has 6 nitrogen and oxygen atoms in total. The quantitative estimate of drug-likeness (QED) is 0.770. The fraction of sp³-hybridized carbons (Fsp3) is 0. The number of carbonyl (C=O) groups is 1. The van der Waals surface area contributed by atoms with Gasteiger partial charge in [-0.2, -0.15) is 0 Å². The third-order valence-electron chi connectivity index (χ3n) is 2.79. The topological polar surface area (TPSA) is 88.2 Å². The summed E-state index contributed by atoms with van der Waals surface area (Å²) in [6.07, 6.45) is 3.27. The van der Waals surface area contributed by atoms with Crippen LogP contribution in [0.15, 0.2) is 59.4 Å². The molecule has 2 aromatic heterocycles. The number of pyridine rings is 1. The molecule has 2 heterocycles. The SMILES string of the molecule is O=C(Nc1cccc(O)c1)c1cc(-c2cccnc2)on1. The van der Waals surface area contributed by atoms with Crippen molar-refractivity contribution >= 4 is 11.6 Å². The summed E-state index contributed by atoms with van der Waals surface area (Å²) in [4.78, 5) is 16.0. The standard InChI is InChI=1S/C15H11N3O3/c19-12-5-1-4-11(7-12)17-15(20)13-8-14(21-18-13)10-3-2-6-16-9-10/h1-9,19H,(H,17,20). The van der Waals surface area contributed by atoms with E-state index in [1.54, 1.807) is 30.6 Å². The molecule has 6 heteroatoms. The van der Waals surface area contributed by atoms with Gasteiger partial charge >= 0.3 is 0 Å². The molecule has 0 saturated heterocycles. The van der Waals surface area contributed by atoms with E-state index in [1.165, 1.54) is 18.2 Å². The van der Waals surface area contributed by atoms with E-state index in [0.717, 1.165) is 5.56 Å². The second-order valence-electron chi connectivity index (χ2n) is 4.32. The van der Waals surface area contributed by atoms with Crippen molar-refractivity contribution < 1.29 is 14.4 Å². The maximum atomic E-state index is 12.0. The van der Waals surface area contributed by atoms with E-state index in [9.17, 15) is 9.90 Å². The number of nitrogens with one attached hydrogen (secondary N) is 1. The molecular formula is C15H11N3O3. The number of phenolic OH excluding ortho intramolecular Hbond substituents is 1. The number of rotatable bonds is 3. The van der Waals surface area contributed by atoms with Crippen LogP contribution in [0.1, 0.15) is 10.5 Å². The first-order valence-electron chi connectivity index (χ1n) is 6.20. The predicted octanol–water partition coefficient (Wildman–Crippen LogP) is 2.69. The molecule has 104 valence electrons. The lowest BCUT2D eigenvalue weighted by Gasteiger charge is -2.02. The van der Waals surface area contributed by atoms with Gasteiger partial charge in [-0.15, -0.1) is 0 Å². The van der Waals surface area contributed by atoms with E-state index in [1.807, 2.05) is 6.07 Å². The average molecular weight is 281 g/mol. The van der Waals surface area contributed by atoms with Crippen LogP contribution in [0, 0.1) is 0 Å². The minimum atomic E-state index is -0.417. The minimum Gasteiger partial charge on any atom is -0.508 e. The van der Waals surface area contributed by atoms with Gasteiger partial charge in [-0.05, 0) is 24.3 Å². The van der Waals surface area contributed by atoms with Crippen molar-refractivity contribution in [1.82, 2.24) is 10.1 Å². The van der Waals surface area contributed by atoms with Crippen LogP contribution in [0.25, 0.3) is 11.3 Å². The van der Waals surface area contributed by atoms with Crippen LogP contribution >= 0.6 is 0 Å². The van der Waals surface area contributed by atoms with Gasteiger partial charge in [0.1, 0.15) is 5.75 Å². The molecule has 0 fully saturated rings. The van der Waals surface area contributed by atoms with Crippen LogP contribution in [0.5, 0.6) is 5.75 Å². The molecule has 0 atom stereocenters. The largest absolute Gasteiger partial charge is 0.508 e. The lowest BCUT2D eigenvalue weighted by molar-refractivity contribution is 0.101. The molecule has 3 rings (SSSR count). The number of benzene rings is 1. The summed E-state index contributed by atoms with van der Waals surface area (Å²) >= 11 is 0. The molecule has 1 aromatic carbocycles. The fourth-order valence-electron chi connectivity index (χ4n) is 1.81. The Morgan fingerprint density at radius 3 is 2.86 bits per heavy atom. The molecule has 3 aromatic rings. The second kappa shape index (κ2) is 5.46. The van der Waals surface area contributed by atoms with Gasteiger partial charge in [-0.3, -0.25) is 9.78 Å². The zero-order chi connectivity index (χ0) is 14.7. The molecule has 0 saturated carbocycles. The van der Waals surface area contributed by atoms with E-state index in [2.05, 4.69) is 15.5 Å². The van der Waals surface area contributed by atoms with Crippen molar-refractivity contribution in [2.75, 3.05) is 5.32 Å². The number of aromatic nitrogens is 2. The Morgan fingerprint density at radius 2 is 2.10 bits per heavy atom. The van der Waals surface area contributed by atoms with Crippen LogP contribution in [0.4, 0.5) is 5.69 Å². The van der Waals surface area contributed by atoms with Crippen molar-refractivity contribution in [2.45, 2.75) is 0 Å². The summed E-state index contributed by atoms with van der Waals surface area (Å²) in [5.74, 6) is 0.118. The summed E-state index contributed by atoms with van der Waals surface area (Å²) in [5, 5.41) is 15.7. The molecule has 1 amide bonds. The monoisotopic (exact) mass is 281 g/mol. The normalized spacial score (nSPS) is 10.3. The van der Waals surface area contributed by atoms with E-state index in [0.29, 0.717) is 11.4 Å². The molecule has 0 aliphatic heterocycles. The van der Waals surface area contributed by atoms with Gasteiger partial charge in [-0.25, -0.2) is 0 Å². The molecule has 0 radical (unpaired) electrons. The lowest BCUT2D eigenvalue weighted by Crippen LogP contribution is -2.11. The number of anilines is 1. The highest BCUT2D eigenvalue weighted by Crippen LogP contribution is 2.20. The van der Waals surface area contributed by atoms with Gasteiger partial charge in [0.05, 0.1) is 0 Å². The Hall–Kier alpha value is -3.15. The first-order valence-corrected chi connectivity index (χ1v) is 6.20. The highest BCUT2D eigenvalue weighted by Gasteiger charge is 2.14. The molecule has 0 bridgehead atoms. The average Bonchev–Trinajstić information content (AvgIpc) is 2.98. The van der Waals surface area contributed by atoms with Crippen LogP contribution in [0.2, 0.25) is 0 Å². The summed E-state index contributed by atoms with van der Waals surface area (Å²) in [5.41, 5.74) is 1.37. The molecule has 0 unspecified atom stereocenters. The molecule has 0 aliphatic carbocycles. The Kier molecular flexibility index (Phi) is 3.34. The molecular weight excluding hydrogens is 270 g/mol. The first-order chi connectivity index (χ1) is 10.2. The Labute approximate surface area is 120 Å². The van der Waals surface area contributed by atoms with Crippen molar-refractivity contribution in [1.29, 1.82) is 0 Å². The number of phenols is 1. The Balaban J connectivity index is 1.78. The first kappa shape index (κ1) is 12.9. The van der Waals surface area contributed by atoms with E-state index >= 15 is 0 Å². The maximum absolute atomic E-state index is 12.0. The van der Waals surface area contributed by atoms with E-state index in [-0.39, 0.29) is 11.4 Å². The Bertz CT molecular complexity index is 769. The molecule has 21 heavy (non-hydrogen) atoms. The zero-order valence-corrected chi connectivity index (χ0v) is 10.9. The maximum Gasteiger partial charge on any atom is 0.277 e. The lowest BCUT2D eigenvalue weighted by atomic mass is 10.2. The van der Waals surface area contributed by atoms with Gasteiger partial charge in [0.2, 0.25) is 0 Å². The van der Waals surface area contributed by atoms with Crippen LogP contribution < -0.4 is 5.32 Å². The fourth-order valence-corrected chi connectivity index (χ4v) is 1.81. The molecule has 0 spiro atoms. The Morgan fingerprint density at radius 1 is 1.19 bits per heavy atom. The highest BCUT2D eigenvalue weighted by atomic mass is 16.5. The molecule has 0 aliphatic rings. The number of amides is 1. The number of nitrogens with zero attached hydrogens (tertiary/aromatic N) is 2. The van der Waals surface area contributed by atoms with E-state index < -0.39 is 5.91 Å². The zero-order valence-electron chi connectivity index (χ0n) is 10.9. The van der Waals surface area contributed by atoms with Gasteiger partial charge in [-0.1, -0.05) is 11.2 Å². The minimum absolute atomic E-state index is 0.0731. The summed E-state index contributed by atoms with van der Waals surface area (Å²) < 4.78 is 5.13. The van der Waals surface area contributed by atoms with Gasteiger partial charge in [0.25, 0.3) is 5.91 Å². The van der Waals surface area contributed by atoms with Crippen molar-refractivity contribution in [3.63, 3.8) is 0 Å². The summed E-state index contributed by atoms with van der Waals surface area (Å²) in [7, 11) is 0. The van der Waals surface area contributed by atoms with Gasteiger partial charge in [0, 0.05) is 35.8 Å². The smallest absolute Gasteiger partial charge is 0.277 e. The molecule has 2 N–H and O–H groups in total. The highest BCUT2D eigenvalue weighted by molar-refractivity contribution is 6.03. The van der Waals surface area contributed by atoms with E-state index in [4.69, 9.17) is 4.52 Å². The number of aromatic hydroxyl groups is 1. The van der Waals surface area contributed by atoms with Crippen LogP contribution in [-0.4, -0.2) is 21.2 Å².